The Morgan fingerprint density at radius 2 is 1.20 bits per heavy atom. The third kappa shape index (κ3) is 6.55. The molecule has 1 fully saturated rings. The maximum Gasteiger partial charge on any atom is 0.330 e. The summed E-state index contributed by atoms with van der Waals surface area (Å²) in [6, 6.07) is 0. The van der Waals surface area contributed by atoms with Crippen LogP contribution >= 0.6 is 0 Å². The number of rotatable bonds is 8. The van der Waals surface area contributed by atoms with Gasteiger partial charge in [0.25, 0.3) is 0 Å². The van der Waals surface area contributed by atoms with Crippen LogP contribution in [0.3, 0.4) is 0 Å². The SMILES string of the molecule is C=CC(=O)OCCC1CCC(CCOC(=O)C=C)CC1. The predicted molar refractivity (Wildman–Crippen MR) is 77.0 cm³/mol. The van der Waals surface area contributed by atoms with E-state index in [9.17, 15) is 9.59 Å². The fraction of sp³-hybridized carbons (Fsp3) is 0.625. The van der Waals surface area contributed by atoms with E-state index in [-0.39, 0.29) is 11.9 Å². The highest BCUT2D eigenvalue weighted by atomic mass is 16.5. The first-order valence-corrected chi connectivity index (χ1v) is 7.24. The number of ether oxygens (including phenoxy) is 2. The zero-order valence-corrected chi connectivity index (χ0v) is 12.0. The van der Waals surface area contributed by atoms with Gasteiger partial charge >= 0.3 is 11.9 Å². The summed E-state index contributed by atoms with van der Waals surface area (Å²) in [5.74, 6) is 0.588. The minimum absolute atomic E-state index is 0.345. The van der Waals surface area contributed by atoms with Crippen LogP contribution in [-0.2, 0) is 19.1 Å². The summed E-state index contributed by atoms with van der Waals surface area (Å²) in [5.41, 5.74) is 0. The lowest BCUT2D eigenvalue weighted by molar-refractivity contribution is -0.139. The lowest BCUT2D eigenvalue weighted by Crippen LogP contribution is -2.18. The Labute approximate surface area is 120 Å². The van der Waals surface area contributed by atoms with E-state index in [0.29, 0.717) is 25.0 Å². The summed E-state index contributed by atoms with van der Waals surface area (Å²) < 4.78 is 10.0. The van der Waals surface area contributed by atoms with Crippen molar-refractivity contribution in [2.45, 2.75) is 38.5 Å². The number of hydrogen-bond donors (Lipinski definition) is 0. The van der Waals surface area contributed by atoms with E-state index >= 15 is 0 Å². The molecule has 1 aliphatic carbocycles. The van der Waals surface area contributed by atoms with Gasteiger partial charge in [0.1, 0.15) is 0 Å². The van der Waals surface area contributed by atoms with Crippen molar-refractivity contribution in [1.29, 1.82) is 0 Å². The maximum atomic E-state index is 10.9. The number of hydrogen-bond acceptors (Lipinski definition) is 4. The minimum atomic E-state index is -0.345. The molecule has 0 atom stereocenters. The quantitative estimate of drug-likeness (QED) is 0.506. The fourth-order valence-electron chi connectivity index (χ4n) is 2.58. The van der Waals surface area contributed by atoms with Gasteiger partial charge in [-0.15, -0.1) is 0 Å². The Morgan fingerprint density at radius 3 is 1.50 bits per heavy atom. The van der Waals surface area contributed by atoms with Gasteiger partial charge in [-0.3, -0.25) is 0 Å². The highest BCUT2D eigenvalue weighted by Crippen LogP contribution is 2.32. The van der Waals surface area contributed by atoms with Crippen molar-refractivity contribution >= 4 is 11.9 Å². The summed E-state index contributed by atoms with van der Waals surface area (Å²) in [6.45, 7) is 7.70. The lowest BCUT2D eigenvalue weighted by Gasteiger charge is -2.28. The number of carbonyl (C=O) groups is 2. The van der Waals surface area contributed by atoms with Crippen molar-refractivity contribution in [3.05, 3.63) is 25.3 Å². The van der Waals surface area contributed by atoms with Crippen LogP contribution in [0.25, 0.3) is 0 Å². The van der Waals surface area contributed by atoms with Crippen LogP contribution in [0, 0.1) is 11.8 Å². The normalized spacial score (nSPS) is 21.8. The van der Waals surface area contributed by atoms with Gasteiger partial charge in [-0.1, -0.05) is 38.8 Å². The Morgan fingerprint density at radius 1 is 0.850 bits per heavy atom. The molecule has 0 aliphatic heterocycles. The molecule has 0 saturated heterocycles. The summed E-state index contributed by atoms with van der Waals surface area (Å²) in [4.78, 5) is 21.8. The number of carbonyl (C=O) groups excluding carboxylic acids is 2. The Balaban J connectivity index is 2.07. The molecule has 4 heteroatoms. The highest BCUT2D eigenvalue weighted by Gasteiger charge is 2.21. The molecular weight excluding hydrogens is 256 g/mol. The van der Waals surface area contributed by atoms with Gasteiger partial charge in [0, 0.05) is 12.2 Å². The molecule has 112 valence electrons. The van der Waals surface area contributed by atoms with Crippen molar-refractivity contribution in [1.82, 2.24) is 0 Å². The van der Waals surface area contributed by atoms with Crippen molar-refractivity contribution < 1.29 is 19.1 Å². The predicted octanol–water partition coefficient (Wildman–Crippen LogP) is 3.03. The second-order valence-corrected chi connectivity index (χ2v) is 5.21. The molecule has 0 aromatic rings. The molecule has 1 aliphatic rings. The van der Waals surface area contributed by atoms with Gasteiger partial charge < -0.3 is 9.47 Å². The second kappa shape index (κ2) is 9.34. The molecule has 4 nitrogen and oxygen atoms in total. The fourth-order valence-corrected chi connectivity index (χ4v) is 2.58. The van der Waals surface area contributed by atoms with Crippen molar-refractivity contribution in [3.8, 4) is 0 Å². The van der Waals surface area contributed by atoms with Crippen molar-refractivity contribution in [2.24, 2.45) is 11.8 Å². The summed E-state index contributed by atoms with van der Waals surface area (Å²) in [6.07, 6.45) is 8.88. The zero-order chi connectivity index (χ0) is 14.8. The van der Waals surface area contributed by atoms with E-state index < -0.39 is 0 Å². The smallest absolute Gasteiger partial charge is 0.330 e. The van der Waals surface area contributed by atoms with E-state index in [1.807, 2.05) is 0 Å². The highest BCUT2D eigenvalue weighted by molar-refractivity contribution is 5.81. The van der Waals surface area contributed by atoms with Crippen LogP contribution < -0.4 is 0 Å². The molecule has 0 aromatic heterocycles. The summed E-state index contributed by atoms with van der Waals surface area (Å²) in [5, 5.41) is 0. The molecule has 0 aromatic carbocycles. The monoisotopic (exact) mass is 280 g/mol. The number of esters is 2. The summed E-state index contributed by atoms with van der Waals surface area (Å²) in [7, 11) is 0. The molecule has 0 unspecified atom stereocenters. The van der Waals surface area contributed by atoms with E-state index in [4.69, 9.17) is 9.47 Å². The van der Waals surface area contributed by atoms with Crippen LogP contribution in [0.4, 0.5) is 0 Å². The molecule has 0 radical (unpaired) electrons. The molecular formula is C16H24O4. The van der Waals surface area contributed by atoms with Gasteiger partial charge in [-0.05, 0) is 24.7 Å². The van der Waals surface area contributed by atoms with Gasteiger partial charge in [0.2, 0.25) is 0 Å². The first kappa shape index (κ1) is 16.5. The van der Waals surface area contributed by atoms with E-state index in [1.54, 1.807) is 0 Å². The second-order valence-electron chi connectivity index (χ2n) is 5.21. The van der Waals surface area contributed by atoms with Gasteiger partial charge in [0.05, 0.1) is 13.2 Å². The van der Waals surface area contributed by atoms with E-state index in [1.165, 1.54) is 12.2 Å². The first-order chi connectivity index (χ1) is 9.65. The van der Waals surface area contributed by atoms with Crippen LogP contribution in [0.1, 0.15) is 38.5 Å². The zero-order valence-electron chi connectivity index (χ0n) is 12.0. The van der Waals surface area contributed by atoms with E-state index in [0.717, 1.165) is 38.5 Å². The Kier molecular flexibility index (Phi) is 7.70. The Hall–Kier alpha value is -1.58. The van der Waals surface area contributed by atoms with Crippen LogP contribution in [0.2, 0.25) is 0 Å². The molecule has 0 spiro atoms. The Bertz CT molecular complexity index is 306. The van der Waals surface area contributed by atoms with E-state index in [2.05, 4.69) is 13.2 Å². The van der Waals surface area contributed by atoms with Crippen LogP contribution in [0.5, 0.6) is 0 Å². The summed E-state index contributed by atoms with van der Waals surface area (Å²) >= 11 is 0. The van der Waals surface area contributed by atoms with Gasteiger partial charge in [-0.25, -0.2) is 9.59 Å². The van der Waals surface area contributed by atoms with Gasteiger partial charge in [-0.2, -0.15) is 0 Å². The van der Waals surface area contributed by atoms with Crippen LogP contribution in [0.15, 0.2) is 25.3 Å². The average molecular weight is 280 g/mol. The standard InChI is InChI=1S/C16H24O4/c1-3-15(17)19-11-9-13-5-7-14(8-6-13)10-12-20-16(18)4-2/h3-4,13-14H,1-2,5-12H2. The topological polar surface area (TPSA) is 52.6 Å². The molecule has 1 rings (SSSR count). The molecule has 20 heavy (non-hydrogen) atoms. The van der Waals surface area contributed by atoms with Crippen molar-refractivity contribution in [3.63, 3.8) is 0 Å². The molecule has 0 bridgehead atoms. The van der Waals surface area contributed by atoms with Gasteiger partial charge in [0.15, 0.2) is 0 Å². The molecule has 0 amide bonds. The van der Waals surface area contributed by atoms with Crippen molar-refractivity contribution in [2.75, 3.05) is 13.2 Å². The third-order valence-corrected chi connectivity index (χ3v) is 3.84. The first-order valence-electron chi connectivity index (χ1n) is 7.24. The third-order valence-electron chi connectivity index (χ3n) is 3.84. The molecule has 1 saturated carbocycles. The maximum absolute atomic E-state index is 10.9. The molecule has 0 N–H and O–H groups in total. The average Bonchev–Trinajstić information content (AvgIpc) is 2.48. The largest absolute Gasteiger partial charge is 0.463 e. The van der Waals surface area contributed by atoms with Crippen LogP contribution in [-0.4, -0.2) is 25.2 Å². The minimum Gasteiger partial charge on any atom is -0.463 e. The lowest BCUT2D eigenvalue weighted by atomic mass is 9.79. The molecule has 0 heterocycles.